The quantitative estimate of drug-likeness (QED) is 0.648. The molecule has 0 radical (unpaired) electrons. The van der Waals surface area contributed by atoms with Crippen molar-refractivity contribution in [3.63, 3.8) is 0 Å². The molecule has 128 valence electrons. The zero-order chi connectivity index (χ0) is 17.0. The van der Waals surface area contributed by atoms with E-state index in [0.29, 0.717) is 11.6 Å². The number of likely N-dealkylation sites (tertiary alicyclic amines) is 1. The van der Waals surface area contributed by atoms with Gasteiger partial charge in [0.2, 0.25) is 0 Å². The first-order valence-electron chi connectivity index (χ1n) is 7.95. The van der Waals surface area contributed by atoms with Crippen molar-refractivity contribution in [2.45, 2.75) is 51.7 Å². The molecule has 1 aromatic carbocycles. The fourth-order valence-corrected chi connectivity index (χ4v) is 3.56. The number of anilines is 1. The SMILES string of the molecule is CC(C)(C)OC(=O)N1CCCCC1CNc1ccc(I)cc1Cl. The molecule has 1 aliphatic heterocycles. The number of carbonyl (C=O) groups excluding carboxylic acids is 1. The molecule has 1 heterocycles. The van der Waals surface area contributed by atoms with Crippen LogP contribution in [0, 0.1) is 3.57 Å². The van der Waals surface area contributed by atoms with E-state index in [2.05, 4.69) is 27.9 Å². The summed E-state index contributed by atoms with van der Waals surface area (Å²) in [5.41, 5.74) is 0.438. The molecule has 1 fully saturated rings. The number of hydrogen-bond donors (Lipinski definition) is 1. The van der Waals surface area contributed by atoms with Gasteiger partial charge in [-0.15, -0.1) is 0 Å². The van der Waals surface area contributed by atoms with E-state index in [0.717, 1.165) is 35.1 Å². The van der Waals surface area contributed by atoms with E-state index in [1.807, 2.05) is 43.9 Å². The predicted octanol–water partition coefficient (Wildman–Crippen LogP) is 5.15. The topological polar surface area (TPSA) is 41.6 Å². The smallest absolute Gasteiger partial charge is 0.410 e. The molecule has 1 saturated heterocycles. The van der Waals surface area contributed by atoms with Crippen LogP contribution >= 0.6 is 34.2 Å². The number of benzene rings is 1. The molecule has 1 aromatic rings. The Labute approximate surface area is 157 Å². The van der Waals surface area contributed by atoms with Gasteiger partial charge in [-0.2, -0.15) is 0 Å². The first-order chi connectivity index (χ1) is 10.8. The van der Waals surface area contributed by atoms with Crippen LogP contribution in [0.1, 0.15) is 40.0 Å². The molecule has 2 rings (SSSR count). The molecule has 0 saturated carbocycles. The average Bonchev–Trinajstić information content (AvgIpc) is 2.45. The Morgan fingerprint density at radius 2 is 2.17 bits per heavy atom. The third-order valence-electron chi connectivity index (χ3n) is 3.71. The maximum Gasteiger partial charge on any atom is 0.410 e. The highest BCUT2D eigenvalue weighted by atomic mass is 127. The molecule has 0 aliphatic carbocycles. The number of nitrogens with one attached hydrogen (secondary N) is 1. The van der Waals surface area contributed by atoms with Crippen LogP contribution in [-0.2, 0) is 4.74 Å². The summed E-state index contributed by atoms with van der Waals surface area (Å²) in [6.07, 6.45) is 2.91. The van der Waals surface area contributed by atoms with Crippen molar-refractivity contribution in [3.8, 4) is 0 Å². The molecular weight excluding hydrogens is 427 g/mol. The molecule has 6 heteroatoms. The van der Waals surface area contributed by atoms with E-state index in [1.54, 1.807) is 0 Å². The largest absolute Gasteiger partial charge is 0.444 e. The summed E-state index contributed by atoms with van der Waals surface area (Å²) in [6.45, 7) is 7.12. The van der Waals surface area contributed by atoms with Crippen LogP contribution in [0.15, 0.2) is 18.2 Å². The molecule has 1 unspecified atom stereocenters. The van der Waals surface area contributed by atoms with Gasteiger partial charge in [-0.25, -0.2) is 4.79 Å². The van der Waals surface area contributed by atoms with Crippen molar-refractivity contribution < 1.29 is 9.53 Å². The molecule has 0 bridgehead atoms. The minimum absolute atomic E-state index is 0.133. The van der Waals surface area contributed by atoms with Crippen LogP contribution in [0.2, 0.25) is 5.02 Å². The maximum atomic E-state index is 12.4. The van der Waals surface area contributed by atoms with E-state index in [1.165, 1.54) is 0 Å². The van der Waals surface area contributed by atoms with Gasteiger partial charge >= 0.3 is 6.09 Å². The van der Waals surface area contributed by atoms with E-state index < -0.39 is 5.60 Å². The highest BCUT2D eigenvalue weighted by Crippen LogP contribution is 2.25. The highest BCUT2D eigenvalue weighted by Gasteiger charge is 2.30. The summed E-state index contributed by atoms with van der Waals surface area (Å²) >= 11 is 8.50. The Morgan fingerprint density at radius 1 is 1.43 bits per heavy atom. The molecule has 23 heavy (non-hydrogen) atoms. The fourth-order valence-electron chi connectivity index (χ4n) is 2.63. The lowest BCUT2D eigenvalue weighted by molar-refractivity contribution is 0.0114. The lowest BCUT2D eigenvalue weighted by Crippen LogP contribution is -2.48. The molecule has 0 spiro atoms. The summed E-state index contributed by atoms with van der Waals surface area (Å²) in [5.74, 6) is 0. The number of piperidine rings is 1. The van der Waals surface area contributed by atoms with Crippen LogP contribution in [0.4, 0.5) is 10.5 Å². The molecule has 1 aliphatic rings. The fraction of sp³-hybridized carbons (Fsp3) is 0.588. The first-order valence-corrected chi connectivity index (χ1v) is 9.40. The van der Waals surface area contributed by atoms with Gasteiger partial charge in [0, 0.05) is 16.7 Å². The van der Waals surface area contributed by atoms with E-state index in [9.17, 15) is 4.79 Å². The molecule has 0 aromatic heterocycles. The van der Waals surface area contributed by atoms with Crippen molar-refractivity contribution in [2.75, 3.05) is 18.4 Å². The second-order valence-corrected chi connectivity index (χ2v) is 8.48. The van der Waals surface area contributed by atoms with Crippen molar-refractivity contribution in [2.24, 2.45) is 0 Å². The number of carbonyl (C=O) groups is 1. The minimum atomic E-state index is -0.466. The lowest BCUT2D eigenvalue weighted by atomic mass is 10.0. The van der Waals surface area contributed by atoms with Crippen LogP contribution in [0.3, 0.4) is 0 Å². The van der Waals surface area contributed by atoms with Crippen molar-refractivity contribution >= 4 is 46.0 Å². The van der Waals surface area contributed by atoms with E-state index in [-0.39, 0.29) is 12.1 Å². The average molecular weight is 451 g/mol. The number of ether oxygens (including phenoxy) is 1. The van der Waals surface area contributed by atoms with Crippen LogP contribution in [0.5, 0.6) is 0 Å². The van der Waals surface area contributed by atoms with Crippen molar-refractivity contribution in [1.82, 2.24) is 4.90 Å². The van der Waals surface area contributed by atoms with Gasteiger partial charge in [-0.3, -0.25) is 0 Å². The Morgan fingerprint density at radius 3 is 2.83 bits per heavy atom. The molecular formula is C17H24ClIN2O2. The predicted molar refractivity (Wildman–Crippen MR) is 103 cm³/mol. The monoisotopic (exact) mass is 450 g/mol. The first kappa shape index (κ1) is 18.6. The number of rotatable bonds is 3. The molecule has 1 N–H and O–H groups in total. The summed E-state index contributed by atoms with van der Waals surface area (Å²) in [5, 5.41) is 4.08. The van der Waals surface area contributed by atoms with Gasteiger partial charge in [-0.1, -0.05) is 11.6 Å². The summed E-state index contributed by atoms with van der Waals surface area (Å²) < 4.78 is 6.63. The van der Waals surface area contributed by atoms with Crippen LogP contribution < -0.4 is 5.32 Å². The van der Waals surface area contributed by atoms with Gasteiger partial charge in [0.15, 0.2) is 0 Å². The molecule has 4 nitrogen and oxygen atoms in total. The highest BCUT2D eigenvalue weighted by molar-refractivity contribution is 14.1. The minimum Gasteiger partial charge on any atom is -0.444 e. The van der Waals surface area contributed by atoms with Crippen molar-refractivity contribution in [3.05, 3.63) is 26.8 Å². The second kappa shape index (κ2) is 7.92. The van der Waals surface area contributed by atoms with Crippen LogP contribution in [0.25, 0.3) is 0 Å². The summed E-state index contributed by atoms with van der Waals surface area (Å²) in [6, 6.07) is 6.05. The summed E-state index contributed by atoms with van der Waals surface area (Å²) in [4.78, 5) is 14.2. The molecule has 1 atom stereocenters. The Bertz CT molecular complexity index is 560. The number of halogens is 2. The Hall–Kier alpha value is -0.690. The standard InChI is InChI=1S/C17H24ClIN2O2/c1-17(2,3)23-16(22)21-9-5-4-6-13(21)11-20-15-8-7-12(19)10-14(15)18/h7-8,10,13,20H,4-6,9,11H2,1-3H3. The third-order valence-corrected chi connectivity index (χ3v) is 4.70. The second-order valence-electron chi connectivity index (χ2n) is 6.83. The third kappa shape index (κ3) is 5.71. The van der Waals surface area contributed by atoms with Gasteiger partial charge in [-0.05, 0) is 80.8 Å². The normalized spacial score (nSPS) is 18.7. The van der Waals surface area contributed by atoms with Crippen molar-refractivity contribution in [1.29, 1.82) is 0 Å². The van der Waals surface area contributed by atoms with Crippen LogP contribution in [-0.4, -0.2) is 35.7 Å². The maximum absolute atomic E-state index is 12.4. The summed E-state index contributed by atoms with van der Waals surface area (Å²) in [7, 11) is 0. The zero-order valence-corrected chi connectivity index (χ0v) is 16.8. The van der Waals surface area contributed by atoms with Gasteiger partial charge in [0.25, 0.3) is 0 Å². The Balaban J connectivity index is 1.99. The number of amides is 1. The van der Waals surface area contributed by atoms with Gasteiger partial charge < -0.3 is 15.0 Å². The van der Waals surface area contributed by atoms with E-state index >= 15 is 0 Å². The number of nitrogens with zero attached hydrogens (tertiary/aromatic N) is 1. The number of hydrogen-bond acceptors (Lipinski definition) is 3. The zero-order valence-electron chi connectivity index (χ0n) is 13.9. The molecule has 1 amide bonds. The Kier molecular flexibility index (Phi) is 6.42. The van der Waals surface area contributed by atoms with Gasteiger partial charge in [0.1, 0.15) is 5.60 Å². The van der Waals surface area contributed by atoms with Gasteiger partial charge in [0.05, 0.1) is 16.8 Å². The lowest BCUT2D eigenvalue weighted by Gasteiger charge is -2.37. The van der Waals surface area contributed by atoms with E-state index in [4.69, 9.17) is 16.3 Å².